The Bertz CT molecular complexity index is 715. The number of nitrogens with two attached hydrogens (primary N) is 1. The van der Waals surface area contributed by atoms with Crippen LogP contribution >= 0.6 is 0 Å². The topological polar surface area (TPSA) is 67.6 Å². The van der Waals surface area contributed by atoms with Gasteiger partial charge in [0.05, 0.1) is 0 Å². The molecule has 3 rings (SSSR count). The summed E-state index contributed by atoms with van der Waals surface area (Å²) in [5, 5.41) is 7.19. The zero-order chi connectivity index (χ0) is 13.2. The van der Waals surface area contributed by atoms with Gasteiger partial charge in [-0.25, -0.2) is 4.98 Å². The lowest BCUT2D eigenvalue weighted by Crippen LogP contribution is -1.90. The van der Waals surface area contributed by atoms with Crippen molar-refractivity contribution in [3.05, 3.63) is 54.1 Å². The van der Waals surface area contributed by atoms with Crippen molar-refractivity contribution in [2.24, 2.45) is 0 Å². The van der Waals surface area contributed by atoms with Crippen molar-refractivity contribution in [1.82, 2.24) is 15.2 Å². The molecule has 0 unspecified atom stereocenters. The van der Waals surface area contributed by atoms with Crippen molar-refractivity contribution in [2.75, 3.05) is 5.73 Å². The molecule has 0 aliphatic rings. The second-order valence-corrected chi connectivity index (χ2v) is 4.46. The lowest BCUT2D eigenvalue weighted by molar-refractivity contribution is 1.10. The predicted molar refractivity (Wildman–Crippen MR) is 76.4 cm³/mol. The third kappa shape index (κ3) is 2.20. The first-order valence-corrected chi connectivity index (χ1v) is 6.08. The summed E-state index contributed by atoms with van der Waals surface area (Å²) in [6.07, 6.45) is 0. The Kier molecular flexibility index (Phi) is 2.76. The predicted octanol–water partition coefficient (Wildman–Crippen LogP) is 3.03. The van der Waals surface area contributed by atoms with E-state index in [0.29, 0.717) is 17.3 Å². The van der Waals surface area contributed by atoms with Crippen molar-refractivity contribution in [1.29, 1.82) is 0 Å². The monoisotopic (exact) mass is 250 g/mol. The zero-order valence-electron chi connectivity index (χ0n) is 10.6. The number of benzene rings is 2. The first-order chi connectivity index (χ1) is 9.24. The molecule has 0 fully saturated rings. The van der Waals surface area contributed by atoms with Crippen molar-refractivity contribution in [3.8, 4) is 22.8 Å². The molecule has 0 bridgehead atoms. The van der Waals surface area contributed by atoms with Gasteiger partial charge >= 0.3 is 0 Å². The molecule has 19 heavy (non-hydrogen) atoms. The Morgan fingerprint density at radius 1 is 1.05 bits per heavy atom. The van der Waals surface area contributed by atoms with Gasteiger partial charge in [0.15, 0.2) is 11.6 Å². The Hall–Kier alpha value is -2.62. The minimum atomic E-state index is 0.682. The standard InChI is InChI=1S/C15H14N4/c1-10-5-4-6-11(9-10)14-17-15(19-18-14)12-7-2-3-8-13(12)16/h2-9H,16H2,1H3,(H,17,18,19). The molecule has 0 spiro atoms. The highest BCUT2D eigenvalue weighted by atomic mass is 15.2. The molecule has 0 aliphatic heterocycles. The number of nitrogens with zero attached hydrogens (tertiary/aromatic N) is 2. The number of H-pyrrole nitrogens is 1. The lowest BCUT2D eigenvalue weighted by Gasteiger charge is -2.00. The summed E-state index contributed by atoms with van der Waals surface area (Å²) in [4.78, 5) is 4.51. The number of aromatic nitrogens is 3. The van der Waals surface area contributed by atoms with Crippen LogP contribution in [0.25, 0.3) is 22.8 Å². The normalized spacial score (nSPS) is 10.6. The molecule has 0 atom stereocenters. The van der Waals surface area contributed by atoms with E-state index in [1.807, 2.05) is 49.4 Å². The molecule has 1 aromatic heterocycles. The van der Waals surface area contributed by atoms with Gasteiger partial charge in [-0.2, -0.15) is 5.10 Å². The summed E-state index contributed by atoms with van der Waals surface area (Å²) in [5.74, 6) is 1.37. The highest BCUT2D eigenvalue weighted by Gasteiger charge is 2.09. The number of hydrogen-bond donors (Lipinski definition) is 2. The molecule has 0 saturated carbocycles. The van der Waals surface area contributed by atoms with E-state index in [4.69, 9.17) is 5.73 Å². The molecule has 4 heteroatoms. The number of aryl methyl sites for hydroxylation is 1. The quantitative estimate of drug-likeness (QED) is 0.687. The summed E-state index contributed by atoms with van der Waals surface area (Å²) in [7, 11) is 0. The van der Waals surface area contributed by atoms with E-state index in [-0.39, 0.29) is 0 Å². The van der Waals surface area contributed by atoms with Gasteiger partial charge in [-0.3, -0.25) is 5.10 Å². The summed E-state index contributed by atoms with van der Waals surface area (Å²) in [6.45, 7) is 2.05. The van der Waals surface area contributed by atoms with Crippen LogP contribution in [0.15, 0.2) is 48.5 Å². The molecule has 2 aromatic carbocycles. The van der Waals surface area contributed by atoms with Crippen molar-refractivity contribution < 1.29 is 0 Å². The first kappa shape index (κ1) is 11.5. The Morgan fingerprint density at radius 3 is 2.68 bits per heavy atom. The molecule has 0 amide bonds. The number of rotatable bonds is 2. The zero-order valence-corrected chi connectivity index (χ0v) is 10.6. The highest BCUT2D eigenvalue weighted by Crippen LogP contribution is 2.24. The van der Waals surface area contributed by atoms with Crippen LogP contribution in [-0.4, -0.2) is 15.2 Å². The molecule has 1 heterocycles. The van der Waals surface area contributed by atoms with Gasteiger partial charge < -0.3 is 5.73 Å². The summed E-state index contributed by atoms with van der Waals surface area (Å²) in [5.41, 5.74) is 9.68. The van der Waals surface area contributed by atoms with Crippen LogP contribution in [-0.2, 0) is 0 Å². The van der Waals surface area contributed by atoms with Gasteiger partial charge in [0.25, 0.3) is 0 Å². The molecule has 0 saturated heterocycles. The average Bonchev–Trinajstić information content (AvgIpc) is 2.89. The van der Waals surface area contributed by atoms with E-state index in [1.54, 1.807) is 0 Å². The van der Waals surface area contributed by atoms with E-state index in [0.717, 1.165) is 11.1 Å². The second-order valence-electron chi connectivity index (χ2n) is 4.46. The van der Waals surface area contributed by atoms with Crippen molar-refractivity contribution in [2.45, 2.75) is 6.92 Å². The second kappa shape index (κ2) is 4.57. The summed E-state index contributed by atoms with van der Waals surface area (Å²) < 4.78 is 0. The molecule has 0 aliphatic carbocycles. The molecule has 4 nitrogen and oxygen atoms in total. The van der Waals surface area contributed by atoms with Gasteiger partial charge in [0, 0.05) is 16.8 Å². The highest BCUT2D eigenvalue weighted by molar-refractivity contribution is 5.72. The Morgan fingerprint density at radius 2 is 1.89 bits per heavy atom. The van der Waals surface area contributed by atoms with E-state index in [2.05, 4.69) is 21.2 Å². The third-order valence-electron chi connectivity index (χ3n) is 2.98. The van der Waals surface area contributed by atoms with E-state index >= 15 is 0 Å². The largest absolute Gasteiger partial charge is 0.398 e. The number of aromatic amines is 1. The first-order valence-electron chi connectivity index (χ1n) is 6.08. The minimum absolute atomic E-state index is 0.682. The number of anilines is 1. The van der Waals surface area contributed by atoms with Gasteiger partial charge in [0.1, 0.15) is 0 Å². The Balaban J connectivity index is 2.03. The minimum Gasteiger partial charge on any atom is -0.398 e. The lowest BCUT2D eigenvalue weighted by atomic mass is 10.1. The molecular weight excluding hydrogens is 236 g/mol. The van der Waals surface area contributed by atoms with Gasteiger partial charge in [-0.15, -0.1) is 0 Å². The SMILES string of the molecule is Cc1cccc(-c2n[nH]c(-c3ccccc3N)n2)c1. The summed E-state index contributed by atoms with van der Waals surface area (Å²) >= 11 is 0. The van der Waals surface area contributed by atoms with Crippen LogP contribution in [0.4, 0.5) is 5.69 Å². The van der Waals surface area contributed by atoms with Gasteiger partial charge in [-0.05, 0) is 25.1 Å². The van der Waals surface area contributed by atoms with Crippen LogP contribution in [0, 0.1) is 6.92 Å². The van der Waals surface area contributed by atoms with E-state index in [9.17, 15) is 0 Å². The molecule has 94 valence electrons. The summed E-state index contributed by atoms with van der Waals surface area (Å²) in [6, 6.07) is 15.7. The number of para-hydroxylation sites is 1. The molecule has 3 aromatic rings. The van der Waals surface area contributed by atoms with Crippen molar-refractivity contribution >= 4 is 5.69 Å². The van der Waals surface area contributed by atoms with Crippen LogP contribution < -0.4 is 5.73 Å². The van der Waals surface area contributed by atoms with Crippen LogP contribution in [0.3, 0.4) is 0 Å². The van der Waals surface area contributed by atoms with Crippen molar-refractivity contribution in [3.63, 3.8) is 0 Å². The van der Waals surface area contributed by atoms with E-state index in [1.165, 1.54) is 5.56 Å². The smallest absolute Gasteiger partial charge is 0.181 e. The maximum Gasteiger partial charge on any atom is 0.181 e. The van der Waals surface area contributed by atoms with Crippen LogP contribution in [0.1, 0.15) is 5.56 Å². The van der Waals surface area contributed by atoms with Gasteiger partial charge in [0.2, 0.25) is 0 Å². The molecular formula is C15H14N4. The molecule has 3 N–H and O–H groups in total. The van der Waals surface area contributed by atoms with Gasteiger partial charge in [-0.1, -0.05) is 35.9 Å². The average molecular weight is 250 g/mol. The third-order valence-corrected chi connectivity index (χ3v) is 2.98. The molecule has 0 radical (unpaired) electrons. The fraction of sp³-hybridized carbons (Fsp3) is 0.0667. The van der Waals surface area contributed by atoms with E-state index < -0.39 is 0 Å². The van der Waals surface area contributed by atoms with Crippen LogP contribution in [0.5, 0.6) is 0 Å². The number of hydrogen-bond acceptors (Lipinski definition) is 3. The number of nitrogens with one attached hydrogen (secondary N) is 1. The Labute approximate surface area is 111 Å². The maximum atomic E-state index is 5.94. The fourth-order valence-electron chi connectivity index (χ4n) is 2.01. The van der Waals surface area contributed by atoms with Crippen LogP contribution in [0.2, 0.25) is 0 Å². The fourth-order valence-corrected chi connectivity index (χ4v) is 2.01. The number of nitrogen functional groups attached to an aromatic ring is 1. The maximum absolute atomic E-state index is 5.94.